The number of hydrogen-bond acceptors (Lipinski definition) is 2. The van der Waals surface area contributed by atoms with Crippen molar-refractivity contribution in [2.45, 2.75) is 32.3 Å². The quantitative estimate of drug-likeness (QED) is 0.709. The van der Waals surface area contributed by atoms with E-state index >= 15 is 0 Å². The van der Waals surface area contributed by atoms with Crippen molar-refractivity contribution in [2.75, 3.05) is 13.1 Å². The van der Waals surface area contributed by atoms with Crippen molar-refractivity contribution in [3.05, 3.63) is 52.5 Å². The minimum Gasteiger partial charge on any atom is -0.490 e. The van der Waals surface area contributed by atoms with Crippen LogP contribution >= 0.6 is 23.2 Å². The number of benzene rings is 2. The number of carbonyl (C=O) groups is 1. The number of ether oxygens (including phenoxy) is 1. The maximum absolute atomic E-state index is 11.7. The van der Waals surface area contributed by atoms with Gasteiger partial charge in [0, 0.05) is 32.4 Å². The van der Waals surface area contributed by atoms with Crippen molar-refractivity contribution >= 4 is 29.1 Å². The average Bonchev–Trinajstić information content (AvgIpc) is 2.64. The molecule has 0 N–H and O–H groups in total. The Kier molecular flexibility index (Phi) is 5.87. The summed E-state index contributed by atoms with van der Waals surface area (Å²) in [6.45, 7) is 3.46. The van der Waals surface area contributed by atoms with Crippen LogP contribution in [0.1, 0.15) is 26.2 Å². The number of carbonyl (C=O) groups excluding carboxylic acids is 1. The third-order valence-electron chi connectivity index (χ3n) is 4.51. The molecule has 0 spiro atoms. The largest absolute Gasteiger partial charge is 0.490 e. The number of amides is 1. The molecular formula is C20H21Cl2NO2. The van der Waals surface area contributed by atoms with Gasteiger partial charge in [-0.2, -0.15) is 0 Å². The zero-order valence-electron chi connectivity index (χ0n) is 14.2. The highest BCUT2D eigenvalue weighted by molar-refractivity contribution is 6.42. The molecule has 0 radical (unpaired) electrons. The van der Waals surface area contributed by atoms with E-state index in [0.29, 0.717) is 16.5 Å². The summed E-state index contributed by atoms with van der Waals surface area (Å²) in [5, 5.41) is 1.10. The fourth-order valence-electron chi connectivity index (χ4n) is 3.04. The lowest BCUT2D eigenvalue weighted by molar-refractivity contribution is -0.132. The first-order valence-electron chi connectivity index (χ1n) is 8.56. The van der Waals surface area contributed by atoms with Crippen LogP contribution in [0.4, 0.5) is 0 Å². The van der Waals surface area contributed by atoms with E-state index in [1.807, 2.05) is 48.2 Å². The molecule has 0 aromatic heterocycles. The van der Waals surface area contributed by atoms with Gasteiger partial charge in [0.2, 0.25) is 5.91 Å². The molecule has 0 bridgehead atoms. The monoisotopic (exact) mass is 377 g/mol. The van der Waals surface area contributed by atoms with Crippen LogP contribution in [0.2, 0.25) is 10.0 Å². The average molecular weight is 378 g/mol. The minimum atomic E-state index is 0.164. The summed E-state index contributed by atoms with van der Waals surface area (Å²) in [5.41, 5.74) is 2.08. The lowest BCUT2D eigenvalue weighted by Gasteiger charge is -2.32. The number of rotatable bonds is 4. The minimum absolute atomic E-state index is 0.164. The number of likely N-dealkylation sites (tertiary alicyclic amines) is 1. The summed E-state index contributed by atoms with van der Waals surface area (Å²) >= 11 is 12.0. The fraction of sp³-hybridized carbons (Fsp3) is 0.350. The van der Waals surface area contributed by atoms with Crippen LogP contribution in [0.5, 0.6) is 5.75 Å². The molecule has 1 amide bonds. The molecule has 25 heavy (non-hydrogen) atoms. The lowest BCUT2D eigenvalue weighted by Crippen LogP contribution is -2.41. The van der Waals surface area contributed by atoms with E-state index in [2.05, 4.69) is 0 Å². The molecule has 1 aliphatic rings. The van der Waals surface area contributed by atoms with Gasteiger partial charge in [0.1, 0.15) is 11.9 Å². The topological polar surface area (TPSA) is 29.5 Å². The second kappa shape index (κ2) is 8.11. The predicted octanol–water partition coefficient (Wildman–Crippen LogP) is 5.44. The van der Waals surface area contributed by atoms with Gasteiger partial charge in [-0.15, -0.1) is 0 Å². The molecule has 1 fully saturated rings. The van der Waals surface area contributed by atoms with E-state index < -0.39 is 0 Å². The number of nitrogens with zero attached hydrogens (tertiary/aromatic N) is 1. The van der Waals surface area contributed by atoms with E-state index in [1.165, 1.54) is 0 Å². The molecule has 1 heterocycles. The normalized spacial score (nSPS) is 15.2. The molecule has 2 aromatic rings. The van der Waals surface area contributed by atoms with Gasteiger partial charge in [-0.1, -0.05) is 48.3 Å². The third-order valence-corrected chi connectivity index (χ3v) is 5.25. The predicted molar refractivity (Wildman–Crippen MR) is 102 cm³/mol. The molecule has 1 saturated heterocycles. The first-order chi connectivity index (χ1) is 12.1. The van der Waals surface area contributed by atoms with Crippen LogP contribution in [-0.2, 0) is 4.79 Å². The summed E-state index contributed by atoms with van der Waals surface area (Å²) in [4.78, 5) is 13.6. The standard InChI is InChI=1S/C20H21Cl2NO2/c1-2-20(24)23-11-9-17(10-12-23)25-16-6-3-14(4-7-16)15-5-8-18(21)19(22)13-15/h3-8,13,17H,2,9-12H2,1H3. The molecular weight excluding hydrogens is 357 g/mol. The van der Waals surface area contributed by atoms with E-state index in [1.54, 1.807) is 6.07 Å². The van der Waals surface area contributed by atoms with Crippen LogP contribution in [0, 0.1) is 0 Å². The van der Waals surface area contributed by atoms with Gasteiger partial charge >= 0.3 is 0 Å². The molecule has 0 aliphatic carbocycles. The Morgan fingerprint density at radius 2 is 1.68 bits per heavy atom. The van der Waals surface area contributed by atoms with Crippen LogP contribution in [0.3, 0.4) is 0 Å². The number of piperidine rings is 1. The molecule has 3 rings (SSSR count). The Hall–Kier alpha value is -1.71. The van der Waals surface area contributed by atoms with Gasteiger partial charge in [-0.3, -0.25) is 4.79 Å². The van der Waals surface area contributed by atoms with Gasteiger partial charge in [0.25, 0.3) is 0 Å². The highest BCUT2D eigenvalue weighted by Gasteiger charge is 2.22. The Labute approximate surface area is 158 Å². The highest BCUT2D eigenvalue weighted by Crippen LogP contribution is 2.30. The van der Waals surface area contributed by atoms with Gasteiger partial charge in [0.05, 0.1) is 10.0 Å². The zero-order valence-corrected chi connectivity index (χ0v) is 15.7. The van der Waals surface area contributed by atoms with Crippen LogP contribution < -0.4 is 4.74 Å². The molecule has 0 unspecified atom stereocenters. The zero-order chi connectivity index (χ0) is 17.8. The number of hydrogen-bond donors (Lipinski definition) is 0. The first-order valence-corrected chi connectivity index (χ1v) is 9.32. The fourth-order valence-corrected chi connectivity index (χ4v) is 3.34. The lowest BCUT2D eigenvalue weighted by atomic mass is 10.1. The molecule has 2 aromatic carbocycles. The van der Waals surface area contributed by atoms with Crippen molar-refractivity contribution in [1.29, 1.82) is 0 Å². The van der Waals surface area contributed by atoms with E-state index in [-0.39, 0.29) is 12.0 Å². The third kappa shape index (κ3) is 4.47. The first kappa shape index (κ1) is 18.1. The van der Waals surface area contributed by atoms with Crippen molar-refractivity contribution in [3.8, 4) is 16.9 Å². The molecule has 0 saturated carbocycles. The molecule has 3 nitrogen and oxygen atoms in total. The van der Waals surface area contributed by atoms with E-state index in [0.717, 1.165) is 42.8 Å². The summed E-state index contributed by atoms with van der Waals surface area (Å²) in [5.74, 6) is 1.08. The summed E-state index contributed by atoms with van der Waals surface area (Å²) in [6.07, 6.45) is 2.49. The Morgan fingerprint density at radius 1 is 1.04 bits per heavy atom. The number of halogens is 2. The maximum atomic E-state index is 11.7. The van der Waals surface area contributed by atoms with Crippen molar-refractivity contribution in [1.82, 2.24) is 4.90 Å². The highest BCUT2D eigenvalue weighted by atomic mass is 35.5. The van der Waals surface area contributed by atoms with Gasteiger partial charge < -0.3 is 9.64 Å². The molecule has 132 valence electrons. The van der Waals surface area contributed by atoms with Crippen LogP contribution in [0.25, 0.3) is 11.1 Å². The SMILES string of the molecule is CCC(=O)N1CCC(Oc2ccc(-c3ccc(Cl)c(Cl)c3)cc2)CC1. The Balaban J connectivity index is 1.60. The molecule has 5 heteroatoms. The molecule has 0 atom stereocenters. The van der Waals surface area contributed by atoms with E-state index in [9.17, 15) is 4.79 Å². The summed E-state index contributed by atoms with van der Waals surface area (Å²) in [6, 6.07) is 13.6. The second-order valence-electron chi connectivity index (χ2n) is 6.20. The smallest absolute Gasteiger partial charge is 0.222 e. The van der Waals surface area contributed by atoms with Gasteiger partial charge in [-0.25, -0.2) is 0 Å². The Morgan fingerprint density at radius 3 is 2.28 bits per heavy atom. The van der Waals surface area contributed by atoms with Gasteiger partial charge in [-0.05, 0) is 35.4 Å². The van der Waals surface area contributed by atoms with Gasteiger partial charge in [0.15, 0.2) is 0 Å². The van der Waals surface area contributed by atoms with Crippen LogP contribution in [0.15, 0.2) is 42.5 Å². The van der Waals surface area contributed by atoms with E-state index in [4.69, 9.17) is 27.9 Å². The summed E-state index contributed by atoms with van der Waals surface area (Å²) < 4.78 is 6.07. The van der Waals surface area contributed by atoms with Crippen molar-refractivity contribution in [2.24, 2.45) is 0 Å². The maximum Gasteiger partial charge on any atom is 0.222 e. The van der Waals surface area contributed by atoms with Crippen molar-refractivity contribution in [3.63, 3.8) is 0 Å². The van der Waals surface area contributed by atoms with Crippen molar-refractivity contribution < 1.29 is 9.53 Å². The Bertz CT molecular complexity index is 738. The molecule has 1 aliphatic heterocycles. The van der Waals surface area contributed by atoms with Crippen LogP contribution in [-0.4, -0.2) is 30.0 Å². The second-order valence-corrected chi connectivity index (χ2v) is 7.02. The summed E-state index contributed by atoms with van der Waals surface area (Å²) in [7, 11) is 0.